The normalized spacial score (nSPS) is 11.8. The number of aliphatic carboxylic acids is 1. The Morgan fingerprint density at radius 2 is 2.06 bits per heavy atom. The number of methoxy groups -OCH3 is 1. The minimum atomic E-state index is -1.14. The van der Waals surface area contributed by atoms with Crippen LogP contribution in [0.5, 0.6) is 5.75 Å². The van der Waals surface area contributed by atoms with Crippen molar-refractivity contribution in [2.24, 2.45) is 0 Å². The number of benzene rings is 1. The van der Waals surface area contributed by atoms with Gasteiger partial charge in [0, 0.05) is 7.05 Å². The second-order valence-corrected chi connectivity index (χ2v) is 3.77. The average molecular weight is 255 g/mol. The van der Waals surface area contributed by atoms with E-state index in [1.807, 2.05) is 0 Å². The van der Waals surface area contributed by atoms with Crippen molar-refractivity contribution in [1.29, 1.82) is 0 Å². The minimum absolute atomic E-state index is 0.00639. The van der Waals surface area contributed by atoms with Gasteiger partial charge >= 0.3 is 5.97 Å². The van der Waals surface area contributed by atoms with Gasteiger partial charge in [-0.25, -0.2) is 9.18 Å². The Bertz CT molecular complexity index is 475. The Balaban J connectivity index is 3.10. The largest absolute Gasteiger partial charge is 0.496 e. The first-order chi connectivity index (χ1) is 8.38. The molecule has 1 rings (SSSR count). The number of carboxylic acids is 1. The van der Waals surface area contributed by atoms with Gasteiger partial charge in [-0.1, -0.05) is 0 Å². The maximum atomic E-state index is 13.1. The number of nitrogens with zero attached hydrogens (tertiary/aromatic N) is 1. The zero-order valence-corrected chi connectivity index (χ0v) is 10.3. The Morgan fingerprint density at radius 3 is 2.56 bits per heavy atom. The van der Waals surface area contributed by atoms with Crippen LogP contribution in [0.25, 0.3) is 0 Å². The summed E-state index contributed by atoms with van der Waals surface area (Å²) in [7, 11) is 2.69. The molecule has 1 atom stereocenters. The summed E-state index contributed by atoms with van der Waals surface area (Å²) in [6.07, 6.45) is 0. The van der Waals surface area contributed by atoms with E-state index in [9.17, 15) is 14.0 Å². The van der Waals surface area contributed by atoms with Gasteiger partial charge < -0.3 is 14.7 Å². The molecule has 1 aromatic rings. The summed E-state index contributed by atoms with van der Waals surface area (Å²) < 4.78 is 18.1. The van der Waals surface area contributed by atoms with Crippen molar-refractivity contribution in [3.8, 4) is 5.75 Å². The van der Waals surface area contributed by atoms with Crippen LogP contribution in [-0.2, 0) is 4.79 Å². The van der Waals surface area contributed by atoms with Crippen molar-refractivity contribution >= 4 is 11.9 Å². The number of likely N-dealkylation sites (N-methyl/N-ethyl adjacent to an activating group) is 1. The molecule has 1 aromatic carbocycles. The van der Waals surface area contributed by atoms with Gasteiger partial charge in [0.2, 0.25) is 0 Å². The highest BCUT2D eigenvalue weighted by molar-refractivity contribution is 5.98. The van der Waals surface area contributed by atoms with Crippen LogP contribution in [0.3, 0.4) is 0 Å². The summed E-state index contributed by atoms with van der Waals surface area (Å²) in [4.78, 5) is 23.9. The van der Waals surface area contributed by atoms with Gasteiger partial charge in [-0.3, -0.25) is 4.79 Å². The Kier molecular flexibility index (Phi) is 4.25. The van der Waals surface area contributed by atoms with Gasteiger partial charge in [0.1, 0.15) is 17.6 Å². The van der Waals surface area contributed by atoms with E-state index in [1.165, 1.54) is 27.1 Å². The van der Waals surface area contributed by atoms with E-state index in [0.717, 1.165) is 17.0 Å². The van der Waals surface area contributed by atoms with Gasteiger partial charge in [0.05, 0.1) is 12.7 Å². The van der Waals surface area contributed by atoms with Crippen molar-refractivity contribution in [3.05, 3.63) is 29.6 Å². The molecule has 0 fully saturated rings. The van der Waals surface area contributed by atoms with Gasteiger partial charge in [-0.2, -0.15) is 0 Å². The summed E-state index contributed by atoms with van der Waals surface area (Å²) in [6.45, 7) is 1.37. The molecule has 0 aromatic heterocycles. The highest BCUT2D eigenvalue weighted by Crippen LogP contribution is 2.21. The van der Waals surface area contributed by atoms with Crippen molar-refractivity contribution in [3.63, 3.8) is 0 Å². The molecule has 18 heavy (non-hydrogen) atoms. The van der Waals surface area contributed by atoms with Gasteiger partial charge in [0.15, 0.2) is 0 Å². The lowest BCUT2D eigenvalue weighted by molar-refractivity contribution is -0.141. The fourth-order valence-corrected chi connectivity index (χ4v) is 1.38. The fraction of sp³-hybridized carbons (Fsp3) is 0.333. The number of carbonyl (C=O) groups excluding carboxylic acids is 1. The molecule has 1 amide bonds. The van der Waals surface area contributed by atoms with Crippen LogP contribution in [-0.4, -0.2) is 42.1 Å². The number of carboxylic acid groups (broad SMARTS) is 1. The lowest BCUT2D eigenvalue weighted by Crippen LogP contribution is -2.40. The van der Waals surface area contributed by atoms with Crippen molar-refractivity contribution in [2.45, 2.75) is 13.0 Å². The van der Waals surface area contributed by atoms with E-state index in [4.69, 9.17) is 9.84 Å². The molecule has 6 heteroatoms. The predicted molar refractivity (Wildman–Crippen MR) is 62.1 cm³/mol. The summed E-state index contributed by atoms with van der Waals surface area (Å²) in [5, 5.41) is 8.83. The molecule has 0 aliphatic rings. The number of hydrogen-bond acceptors (Lipinski definition) is 3. The monoisotopic (exact) mass is 255 g/mol. The highest BCUT2D eigenvalue weighted by Gasteiger charge is 2.25. The molecule has 0 saturated heterocycles. The zero-order chi connectivity index (χ0) is 13.9. The van der Waals surface area contributed by atoms with Crippen molar-refractivity contribution < 1.29 is 23.8 Å². The van der Waals surface area contributed by atoms with Crippen LogP contribution >= 0.6 is 0 Å². The third-order valence-electron chi connectivity index (χ3n) is 2.65. The van der Waals surface area contributed by atoms with Gasteiger partial charge in [-0.15, -0.1) is 0 Å². The molecular formula is C12H14FNO4. The molecule has 0 bridgehead atoms. The standard InChI is InChI=1S/C12H14FNO4/c1-7(12(16)17)14(2)11(15)9-6-8(13)4-5-10(9)18-3/h4-7H,1-3H3,(H,16,17). The summed E-state index contributed by atoms with van der Waals surface area (Å²) in [5.74, 6) is -2.14. The molecule has 1 N–H and O–H groups in total. The average Bonchev–Trinajstić information content (AvgIpc) is 2.35. The predicted octanol–water partition coefficient (Wildman–Crippen LogP) is 1.38. The van der Waals surface area contributed by atoms with Crippen LogP contribution in [0.1, 0.15) is 17.3 Å². The van der Waals surface area contributed by atoms with Crippen LogP contribution in [0, 0.1) is 5.82 Å². The fourth-order valence-electron chi connectivity index (χ4n) is 1.38. The number of ether oxygens (including phenoxy) is 1. The second-order valence-electron chi connectivity index (χ2n) is 3.77. The summed E-state index contributed by atoms with van der Waals surface area (Å²) in [5.41, 5.74) is -0.00639. The van der Waals surface area contributed by atoms with E-state index < -0.39 is 23.7 Å². The maximum absolute atomic E-state index is 13.1. The molecule has 1 unspecified atom stereocenters. The Morgan fingerprint density at radius 1 is 1.44 bits per heavy atom. The quantitative estimate of drug-likeness (QED) is 0.882. The van der Waals surface area contributed by atoms with Crippen molar-refractivity contribution in [1.82, 2.24) is 4.90 Å². The summed E-state index contributed by atoms with van der Waals surface area (Å²) >= 11 is 0. The molecule has 0 heterocycles. The van der Waals surface area contributed by atoms with Crippen LogP contribution in [0.15, 0.2) is 18.2 Å². The first-order valence-corrected chi connectivity index (χ1v) is 5.22. The maximum Gasteiger partial charge on any atom is 0.326 e. The third kappa shape index (κ3) is 2.77. The van der Waals surface area contributed by atoms with Gasteiger partial charge in [0.25, 0.3) is 5.91 Å². The van der Waals surface area contributed by atoms with E-state index in [0.29, 0.717) is 0 Å². The van der Waals surface area contributed by atoms with E-state index in [-0.39, 0.29) is 11.3 Å². The first kappa shape index (κ1) is 14.0. The van der Waals surface area contributed by atoms with E-state index in [1.54, 1.807) is 0 Å². The lowest BCUT2D eigenvalue weighted by atomic mass is 10.1. The first-order valence-electron chi connectivity index (χ1n) is 5.22. The number of halogens is 1. The Hall–Kier alpha value is -2.11. The molecule has 5 nitrogen and oxygen atoms in total. The van der Waals surface area contributed by atoms with E-state index in [2.05, 4.69) is 0 Å². The van der Waals surface area contributed by atoms with E-state index >= 15 is 0 Å². The number of hydrogen-bond donors (Lipinski definition) is 1. The molecule has 98 valence electrons. The topological polar surface area (TPSA) is 66.8 Å². The van der Waals surface area contributed by atoms with Crippen LogP contribution < -0.4 is 4.74 Å². The van der Waals surface area contributed by atoms with Crippen LogP contribution in [0.4, 0.5) is 4.39 Å². The molecule has 0 saturated carbocycles. The smallest absolute Gasteiger partial charge is 0.326 e. The highest BCUT2D eigenvalue weighted by atomic mass is 19.1. The molecule has 0 aliphatic heterocycles. The number of carbonyl (C=O) groups is 2. The van der Waals surface area contributed by atoms with Crippen molar-refractivity contribution in [2.75, 3.05) is 14.2 Å². The molecule has 0 aliphatic carbocycles. The SMILES string of the molecule is COc1ccc(F)cc1C(=O)N(C)C(C)C(=O)O. The molecule has 0 spiro atoms. The Labute approximate surface area is 104 Å². The molecular weight excluding hydrogens is 241 g/mol. The van der Waals surface area contributed by atoms with Crippen LogP contribution in [0.2, 0.25) is 0 Å². The zero-order valence-electron chi connectivity index (χ0n) is 10.3. The number of rotatable bonds is 4. The number of amides is 1. The second kappa shape index (κ2) is 5.48. The van der Waals surface area contributed by atoms with Gasteiger partial charge in [-0.05, 0) is 25.1 Å². The molecule has 0 radical (unpaired) electrons. The minimum Gasteiger partial charge on any atom is -0.496 e. The lowest BCUT2D eigenvalue weighted by Gasteiger charge is -2.22. The summed E-state index contributed by atoms with van der Waals surface area (Å²) in [6, 6.07) is 2.50. The third-order valence-corrected chi connectivity index (χ3v) is 2.65.